The molecule has 0 aliphatic carbocycles. The van der Waals surface area contributed by atoms with Gasteiger partial charge in [0.15, 0.2) is 12.4 Å². The molecule has 0 saturated heterocycles. The zero-order valence-electron chi connectivity index (χ0n) is 17.2. The summed E-state index contributed by atoms with van der Waals surface area (Å²) in [7, 11) is -2.24. The van der Waals surface area contributed by atoms with Gasteiger partial charge in [-0.3, -0.25) is 4.79 Å². The van der Waals surface area contributed by atoms with E-state index < -0.39 is 22.6 Å². The fraction of sp³-hybridized carbons (Fsp3) is 0.364. The van der Waals surface area contributed by atoms with Crippen LogP contribution in [0.1, 0.15) is 53.5 Å². The highest BCUT2D eigenvalue weighted by molar-refractivity contribution is 7.89. The summed E-state index contributed by atoms with van der Waals surface area (Å²) >= 11 is 0. The molecule has 7 heteroatoms. The van der Waals surface area contributed by atoms with Gasteiger partial charge in [0.2, 0.25) is 10.0 Å². The molecule has 0 bridgehead atoms. The predicted octanol–water partition coefficient (Wildman–Crippen LogP) is 3.71. The first-order valence-corrected chi connectivity index (χ1v) is 11.0. The molecule has 0 aliphatic rings. The fourth-order valence-corrected chi connectivity index (χ4v) is 4.09. The number of ether oxygens (including phenoxy) is 1. The number of benzene rings is 2. The van der Waals surface area contributed by atoms with Crippen molar-refractivity contribution in [3.05, 3.63) is 65.2 Å². The molecular weight excluding hydrogens is 390 g/mol. The van der Waals surface area contributed by atoms with Gasteiger partial charge in [-0.1, -0.05) is 43.7 Å². The Kier molecular flexibility index (Phi) is 7.70. The molecule has 156 valence electrons. The molecular formula is C22H27NO5S. The van der Waals surface area contributed by atoms with Crippen LogP contribution in [-0.4, -0.2) is 44.2 Å². The van der Waals surface area contributed by atoms with Gasteiger partial charge in [0.05, 0.1) is 10.5 Å². The Morgan fingerprint density at radius 2 is 1.69 bits per heavy atom. The van der Waals surface area contributed by atoms with Crippen LogP contribution in [0.25, 0.3) is 0 Å². The minimum Gasteiger partial charge on any atom is -0.454 e. The van der Waals surface area contributed by atoms with Gasteiger partial charge >= 0.3 is 5.97 Å². The lowest BCUT2D eigenvalue weighted by molar-refractivity contribution is 0.0474. The Morgan fingerprint density at radius 3 is 2.28 bits per heavy atom. The first-order valence-electron chi connectivity index (χ1n) is 9.54. The maximum Gasteiger partial charge on any atom is 0.338 e. The molecule has 29 heavy (non-hydrogen) atoms. The van der Waals surface area contributed by atoms with Crippen molar-refractivity contribution in [3.8, 4) is 0 Å². The van der Waals surface area contributed by atoms with Crippen molar-refractivity contribution in [2.45, 2.75) is 44.6 Å². The van der Waals surface area contributed by atoms with Crippen LogP contribution in [0, 0.1) is 0 Å². The summed E-state index contributed by atoms with van der Waals surface area (Å²) in [5, 5.41) is 0. The highest BCUT2D eigenvalue weighted by atomic mass is 32.2. The second-order valence-corrected chi connectivity index (χ2v) is 9.09. The Bertz CT molecular complexity index is 965. The third-order valence-corrected chi connectivity index (χ3v) is 6.65. The summed E-state index contributed by atoms with van der Waals surface area (Å²) in [6.07, 6.45) is 1.96. The Balaban J connectivity index is 2.07. The molecule has 0 aromatic heterocycles. The minimum absolute atomic E-state index is 0.000916. The summed E-state index contributed by atoms with van der Waals surface area (Å²) in [5.74, 6) is -1.06. The fourth-order valence-electron chi connectivity index (χ4n) is 2.67. The number of hydrogen-bond donors (Lipinski definition) is 0. The Hall–Kier alpha value is -2.51. The lowest BCUT2D eigenvalue weighted by atomic mass is 10.1. The van der Waals surface area contributed by atoms with E-state index in [-0.39, 0.29) is 22.3 Å². The maximum atomic E-state index is 12.6. The average Bonchev–Trinajstić information content (AvgIpc) is 2.71. The van der Waals surface area contributed by atoms with E-state index in [1.165, 1.54) is 35.6 Å². The lowest BCUT2D eigenvalue weighted by Gasteiger charge is -2.21. The van der Waals surface area contributed by atoms with Crippen LogP contribution >= 0.6 is 0 Å². The summed E-state index contributed by atoms with van der Waals surface area (Å²) in [5.41, 5.74) is 1.69. The van der Waals surface area contributed by atoms with Crippen LogP contribution < -0.4 is 0 Å². The van der Waals surface area contributed by atoms with Gasteiger partial charge in [-0.25, -0.2) is 13.2 Å². The number of rotatable bonds is 9. The van der Waals surface area contributed by atoms with Gasteiger partial charge in [-0.05, 0) is 44.0 Å². The smallest absolute Gasteiger partial charge is 0.338 e. The summed E-state index contributed by atoms with van der Waals surface area (Å²) < 4.78 is 31.5. The number of aryl methyl sites for hydroxylation is 1. The maximum absolute atomic E-state index is 12.6. The molecule has 0 unspecified atom stereocenters. The number of carbonyl (C=O) groups is 2. The molecule has 0 spiro atoms. The molecule has 0 amide bonds. The van der Waals surface area contributed by atoms with Gasteiger partial charge in [0.1, 0.15) is 0 Å². The minimum atomic E-state index is -3.72. The van der Waals surface area contributed by atoms with Crippen molar-refractivity contribution < 1.29 is 22.7 Å². The van der Waals surface area contributed by atoms with E-state index >= 15 is 0 Å². The first kappa shape index (κ1) is 22.8. The van der Waals surface area contributed by atoms with Crippen LogP contribution in [0.4, 0.5) is 0 Å². The monoisotopic (exact) mass is 417 g/mol. The van der Waals surface area contributed by atoms with Crippen molar-refractivity contribution in [1.29, 1.82) is 0 Å². The van der Waals surface area contributed by atoms with Crippen molar-refractivity contribution >= 4 is 21.8 Å². The van der Waals surface area contributed by atoms with Crippen LogP contribution in [-0.2, 0) is 21.2 Å². The zero-order chi connectivity index (χ0) is 21.6. The quantitative estimate of drug-likeness (QED) is 0.459. The zero-order valence-corrected chi connectivity index (χ0v) is 18.0. The molecule has 0 N–H and O–H groups in total. The molecule has 6 nitrogen and oxygen atoms in total. The highest BCUT2D eigenvalue weighted by Crippen LogP contribution is 2.18. The van der Waals surface area contributed by atoms with E-state index in [2.05, 4.69) is 6.92 Å². The van der Waals surface area contributed by atoms with Gasteiger partial charge in [0, 0.05) is 18.7 Å². The molecule has 0 atom stereocenters. The standard InChI is InChI=1S/C22H27NO5S/c1-5-7-17-10-12-18(13-11-17)21(24)15-28-22(25)19-8-6-9-20(14-19)29(26,27)23(4)16(2)3/h6,8-14,16H,5,7,15H2,1-4H3. The summed E-state index contributed by atoms with van der Waals surface area (Å²) in [4.78, 5) is 24.6. The van der Waals surface area contributed by atoms with E-state index in [1.54, 1.807) is 26.0 Å². The number of Topliss-reactive ketones (excluding diaryl/α,β-unsaturated/α-hetero) is 1. The van der Waals surface area contributed by atoms with Crippen molar-refractivity contribution in [2.24, 2.45) is 0 Å². The van der Waals surface area contributed by atoms with Gasteiger partial charge in [0.25, 0.3) is 0 Å². The third kappa shape index (κ3) is 5.74. The lowest BCUT2D eigenvalue weighted by Crippen LogP contribution is -2.33. The molecule has 0 aliphatic heterocycles. The van der Waals surface area contributed by atoms with E-state index in [9.17, 15) is 18.0 Å². The molecule has 2 aromatic rings. The SMILES string of the molecule is CCCc1ccc(C(=O)COC(=O)c2cccc(S(=O)(=O)N(C)C(C)C)c2)cc1. The topological polar surface area (TPSA) is 80.8 Å². The number of hydrogen-bond acceptors (Lipinski definition) is 5. The van der Waals surface area contributed by atoms with E-state index in [0.29, 0.717) is 5.56 Å². The second-order valence-electron chi connectivity index (χ2n) is 7.09. The number of carbonyl (C=O) groups excluding carboxylic acids is 2. The first-order chi connectivity index (χ1) is 13.7. The largest absolute Gasteiger partial charge is 0.454 e. The Morgan fingerprint density at radius 1 is 1.03 bits per heavy atom. The molecule has 0 saturated carbocycles. The Labute approximate surface area is 172 Å². The van der Waals surface area contributed by atoms with Crippen molar-refractivity contribution in [3.63, 3.8) is 0 Å². The molecule has 0 radical (unpaired) electrons. The van der Waals surface area contributed by atoms with Crippen LogP contribution in [0.5, 0.6) is 0 Å². The van der Waals surface area contributed by atoms with Gasteiger partial charge in [-0.2, -0.15) is 4.31 Å². The second kappa shape index (κ2) is 9.80. The average molecular weight is 418 g/mol. The number of ketones is 1. The van der Waals surface area contributed by atoms with E-state index in [0.717, 1.165) is 18.4 Å². The van der Waals surface area contributed by atoms with E-state index in [4.69, 9.17) is 4.74 Å². The third-order valence-electron chi connectivity index (χ3n) is 4.62. The molecule has 0 fully saturated rings. The van der Waals surface area contributed by atoms with Crippen LogP contribution in [0.15, 0.2) is 53.4 Å². The number of sulfonamides is 1. The van der Waals surface area contributed by atoms with Crippen molar-refractivity contribution in [1.82, 2.24) is 4.31 Å². The molecule has 2 rings (SSSR count). The molecule has 2 aromatic carbocycles. The summed E-state index contributed by atoms with van der Waals surface area (Å²) in [6, 6.07) is 12.6. The molecule has 0 heterocycles. The normalized spacial score (nSPS) is 11.7. The highest BCUT2D eigenvalue weighted by Gasteiger charge is 2.24. The number of esters is 1. The van der Waals surface area contributed by atoms with Crippen LogP contribution in [0.2, 0.25) is 0 Å². The van der Waals surface area contributed by atoms with Crippen molar-refractivity contribution in [2.75, 3.05) is 13.7 Å². The van der Waals surface area contributed by atoms with E-state index in [1.807, 2.05) is 12.1 Å². The van der Waals surface area contributed by atoms with Gasteiger partial charge < -0.3 is 4.74 Å². The van der Waals surface area contributed by atoms with Crippen LogP contribution in [0.3, 0.4) is 0 Å². The number of nitrogens with zero attached hydrogens (tertiary/aromatic N) is 1. The predicted molar refractivity (Wildman–Crippen MR) is 112 cm³/mol. The van der Waals surface area contributed by atoms with Gasteiger partial charge in [-0.15, -0.1) is 0 Å². The summed E-state index contributed by atoms with van der Waals surface area (Å²) in [6.45, 7) is 5.20.